The summed E-state index contributed by atoms with van der Waals surface area (Å²) < 4.78 is 11.8. The van der Waals surface area contributed by atoms with Crippen LogP contribution in [0.5, 0.6) is 5.75 Å². The summed E-state index contributed by atoms with van der Waals surface area (Å²) in [5.74, 6) is 3.12. The number of halogens is 1. The van der Waals surface area contributed by atoms with E-state index in [1.54, 1.807) is 23.7 Å². The fraction of sp³-hybridized carbons (Fsp3) is 0.0455. The minimum Gasteiger partial charge on any atom is -0.481 e. The summed E-state index contributed by atoms with van der Waals surface area (Å²) in [5, 5.41) is 7.41. The third kappa shape index (κ3) is 4.69. The number of fused-ring (bicyclic) bond motifs is 1. The Hall–Kier alpha value is -3.16. The zero-order valence-corrected chi connectivity index (χ0v) is 18.4. The molecule has 0 bridgehead atoms. The highest BCUT2D eigenvalue weighted by atomic mass is 127. The standard InChI is InChI=1S/C22H14IN3O3S/c1-2-9-28-17-6-3-14(4-7-17)12-24-26-22-25-19(13-30-22)18-11-15-10-16(23)5-8-20(15)29-21(18)27/h1,3-8,10-13H,9H2,(H,25,26)/b24-12+. The van der Waals surface area contributed by atoms with Gasteiger partial charge in [0.25, 0.3) is 0 Å². The number of hydrogen-bond acceptors (Lipinski definition) is 7. The zero-order valence-electron chi connectivity index (χ0n) is 15.5. The average Bonchev–Trinajstić information content (AvgIpc) is 3.21. The number of hydrogen-bond donors (Lipinski definition) is 1. The Morgan fingerprint density at radius 2 is 2.10 bits per heavy atom. The van der Waals surface area contributed by atoms with Crippen LogP contribution in [0.2, 0.25) is 0 Å². The normalized spacial score (nSPS) is 10.9. The van der Waals surface area contributed by atoms with Crippen LogP contribution in [0.15, 0.2) is 68.2 Å². The van der Waals surface area contributed by atoms with Crippen molar-refractivity contribution in [2.24, 2.45) is 5.10 Å². The van der Waals surface area contributed by atoms with Crippen molar-refractivity contribution in [1.82, 2.24) is 4.98 Å². The van der Waals surface area contributed by atoms with E-state index in [2.05, 4.69) is 44.0 Å². The fourth-order valence-corrected chi connectivity index (χ4v) is 3.83. The molecule has 4 rings (SSSR count). The molecule has 0 radical (unpaired) electrons. The highest BCUT2D eigenvalue weighted by Gasteiger charge is 2.11. The minimum atomic E-state index is -0.420. The van der Waals surface area contributed by atoms with Crippen LogP contribution in [0.25, 0.3) is 22.2 Å². The largest absolute Gasteiger partial charge is 0.481 e. The second kappa shape index (κ2) is 9.11. The van der Waals surface area contributed by atoms with E-state index >= 15 is 0 Å². The molecule has 0 amide bonds. The third-order valence-corrected chi connectivity index (χ3v) is 5.47. The first kappa shape index (κ1) is 20.1. The van der Waals surface area contributed by atoms with Gasteiger partial charge in [0.15, 0.2) is 0 Å². The Morgan fingerprint density at radius 3 is 2.90 bits per heavy atom. The molecule has 2 aromatic carbocycles. The molecule has 0 fully saturated rings. The monoisotopic (exact) mass is 527 g/mol. The van der Waals surface area contributed by atoms with Gasteiger partial charge in [-0.3, -0.25) is 5.43 Å². The molecule has 0 aliphatic rings. The second-order valence-electron chi connectivity index (χ2n) is 6.10. The van der Waals surface area contributed by atoms with Gasteiger partial charge in [0.1, 0.15) is 17.9 Å². The fourth-order valence-electron chi connectivity index (χ4n) is 2.66. The van der Waals surface area contributed by atoms with E-state index in [-0.39, 0.29) is 6.61 Å². The maximum absolute atomic E-state index is 12.3. The number of anilines is 1. The van der Waals surface area contributed by atoms with Crippen molar-refractivity contribution in [3.63, 3.8) is 0 Å². The van der Waals surface area contributed by atoms with Gasteiger partial charge < -0.3 is 9.15 Å². The highest BCUT2D eigenvalue weighted by molar-refractivity contribution is 14.1. The van der Waals surface area contributed by atoms with Gasteiger partial charge in [0, 0.05) is 14.3 Å². The van der Waals surface area contributed by atoms with Crippen molar-refractivity contribution in [2.45, 2.75) is 0 Å². The topological polar surface area (TPSA) is 76.7 Å². The van der Waals surface area contributed by atoms with E-state index in [1.807, 2.05) is 36.4 Å². The van der Waals surface area contributed by atoms with Crippen LogP contribution in [0, 0.1) is 15.9 Å². The van der Waals surface area contributed by atoms with Crippen LogP contribution in [-0.4, -0.2) is 17.8 Å². The average molecular weight is 527 g/mol. The third-order valence-electron chi connectivity index (χ3n) is 4.05. The molecule has 0 aliphatic carbocycles. The number of thiazole rings is 1. The molecule has 6 nitrogen and oxygen atoms in total. The first-order chi connectivity index (χ1) is 14.6. The van der Waals surface area contributed by atoms with E-state index in [0.717, 1.165) is 14.5 Å². The lowest BCUT2D eigenvalue weighted by Crippen LogP contribution is -2.03. The molecular formula is C22H14IN3O3S. The van der Waals surface area contributed by atoms with Crippen molar-refractivity contribution in [3.05, 3.63) is 73.5 Å². The second-order valence-corrected chi connectivity index (χ2v) is 8.20. The molecule has 0 aliphatic heterocycles. The lowest BCUT2D eigenvalue weighted by molar-refractivity contribution is 0.370. The summed E-state index contributed by atoms with van der Waals surface area (Å²) in [4.78, 5) is 16.8. The van der Waals surface area contributed by atoms with Crippen LogP contribution in [-0.2, 0) is 0 Å². The van der Waals surface area contributed by atoms with E-state index < -0.39 is 5.63 Å². The number of nitrogens with zero attached hydrogens (tertiary/aromatic N) is 2. The van der Waals surface area contributed by atoms with Crippen molar-refractivity contribution in [1.29, 1.82) is 0 Å². The molecule has 0 saturated carbocycles. The van der Waals surface area contributed by atoms with Crippen molar-refractivity contribution in [2.75, 3.05) is 12.0 Å². The molecule has 0 saturated heterocycles. The number of aromatic nitrogens is 1. The zero-order chi connectivity index (χ0) is 20.9. The maximum Gasteiger partial charge on any atom is 0.345 e. The molecule has 0 unspecified atom stereocenters. The predicted octanol–water partition coefficient (Wildman–Crippen LogP) is 4.98. The van der Waals surface area contributed by atoms with Crippen LogP contribution in [0.4, 0.5) is 5.13 Å². The quantitative estimate of drug-likeness (QED) is 0.126. The number of hydrazone groups is 1. The Balaban J connectivity index is 1.47. The van der Waals surface area contributed by atoms with Gasteiger partial charge in [-0.05, 0) is 76.7 Å². The number of nitrogens with one attached hydrogen (secondary N) is 1. The van der Waals surface area contributed by atoms with E-state index in [1.165, 1.54) is 11.3 Å². The van der Waals surface area contributed by atoms with Gasteiger partial charge in [-0.25, -0.2) is 9.78 Å². The van der Waals surface area contributed by atoms with Gasteiger partial charge >= 0.3 is 5.63 Å². The molecular weight excluding hydrogens is 513 g/mol. The molecule has 30 heavy (non-hydrogen) atoms. The van der Waals surface area contributed by atoms with Gasteiger partial charge in [-0.15, -0.1) is 17.8 Å². The van der Waals surface area contributed by atoms with Crippen LogP contribution >= 0.6 is 33.9 Å². The van der Waals surface area contributed by atoms with Crippen molar-refractivity contribution < 1.29 is 9.15 Å². The molecule has 8 heteroatoms. The van der Waals surface area contributed by atoms with E-state index in [4.69, 9.17) is 15.6 Å². The molecule has 148 valence electrons. The molecule has 0 spiro atoms. The minimum absolute atomic E-state index is 0.232. The smallest absolute Gasteiger partial charge is 0.345 e. The van der Waals surface area contributed by atoms with Gasteiger partial charge in [0.05, 0.1) is 17.5 Å². The summed E-state index contributed by atoms with van der Waals surface area (Å²) in [7, 11) is 0. The highest BCUT2D eigenvalue weighted by Crippen LogP contribution is 2.26. The number of terminal acetylenes is 1. The van der Waals surface area contributed by atoms with E-state index in [0.29, 0.717) is 27.7 Å². The van der Waals surface area contributed by atoms with Crippen molar-refractivity contribution in [3.8, 4) is 29.4 Å². The molecule has 0 atom stereocenters. The number of rotatable bonds is 6. The summed E-state index contributed by atoms with van der Waals surface area (Å²) in [5.41, 5.74) is 4.86. The number of benzene rings is 2. The maximum atomic E-state index is 12.3. The molecule has 1 N–H and O–H groups in total. The molecule has 4 aromatic rings. The first-order valence-electron chi connectivity index (χ1n) is 8.77. The first-order valence-corrected chi connectivity index (χ1v) is 10.7. The van der Waals surface area contributed by atoms with Crippen LogP contribution in [0.3, 0.4) is 0 Å². The Bertz CT molecular complexity index is 1320. The Kier molecular flexibility index (Phi) is 6.11. The number of ether oxygens (including phenoxy) is 1. The summed E-state index contributed by atoms with van der Waals surface area (Å²) >= 11 is 3.57. The summed E-state index contributed by atoms with van der Waals surface area (Å²) in [6.07, 6.45) is 6.84. The van der Waals surface area contributed by atoms with Gasteiger partial charge in [-0.1, -0.05) is 5.92 Å². The van der Waals surface area contributed by atoms with Crippen molar-refractivity contribution >= 4 is 56.2 Å². The van der Waals surface area contributed by atoms with Gasteiger partial charge in [0.2, 0.25) is 5.13 Å². The van der Waals surface area contributed by atoms with E-state index in [9.17, 15) is 4.79 Å². The van der Waals surface area contributed by atoms with Crippen LogP contribution in [0.1, 0.15) is 5.56 Å². The summed E-state index contributed by atoms with van der Waals surface area (Å²) in [6, 6.07) is 14.8. The lowest BCUT2D eigenvalue weighted by atomic mass is 10.1. The Labute approximate surface area is 189 Å². The molecule has 2 aromatic heterocycles. The Morgan fingerprint density at radius 1 is 1.27 bits per heavy atom. The van der Waals surface area contributed by atoms with Crippen LogP contribution < -0.4 is 15.8 Å². The predicted molar refractivity (Wildman–Crippen MR) is 128 cm³/mol. The summed E-state index contributed by atoms with van der Waals surface area (Å²) in [6.45, 7) is 0.232. The van der Waals surface area contributed by atoms with Gasteiger partial charge in [-0.2, -0.15) is 5.10 Å². The molecule has 2 heterocycles. The SMILES string of the molecule is C#CCOc1ccc(/C=N/Nc2nc(-c3cc4cc(I)ccc4oc3=O)cs2)cc1. The lowest BCUT2D eigenvalue weighted by Gasteiger charge is -2.01.